The van der Waals surface area contributed by atoms with Crippen LogP contribution in [-0.2, 0) is 27.4 Å². The molecule has 152 valence electrons. The molecule has 3 aromatic rings. The first-order valence-electron chi connectivity index (χ1n) is 9.69. The molecule has 2 aromatic carbocycles. The topological polar surface area (TPSA) is 82.3 Å². The highest BCUT2D eigenvalue weighted by Gasteiger charge is 2.14. The van der Waals surface area contributed by atoms with Crippen LogP contribution < -0.4 is 11.0 Å². The normalized spacial score (nSPS) is 10.8. The summed E-state index contributed by atoms with van der Waals surface area (Å²) in [5.41, 5.74) is 3.23. The fourth-order valence-electron chi connectivity index (χ4n) is 3.18. The lowest BCUT2D eigenvalue weighted by molar-refractivity contribution is -0.147. The number of aryl methyl sites for hydroxylation is 3. The Morgan fingerprint density at radius 2 is 1.59 bits per heavy atom. The van der Waals surface area contributed by atoms with Crippen molar-refractivity contribution in [2.45, 2.75) is 39.8 Å². The van der Waals surface area contributed by atoms with E-state index < -0.39 is 11.9 Å². The Bertz CT molecular complexity index is 1060. The number of para-hydroxylation sites is 2. The van der Waals surface area contributed by atoms with E-state index in [0.717, 1.165) is 23.0 Å². The summed E-state index contributed by atoms with van der Waals surface area (Å²) in [4.78, 5) is 36.7. The number of anilines is 1. The highest BCUT2D eigenvalue weighted by atomic mass is 16.5. The maximum absolute atomic E-state index is 12.7. The molecule has 3 rings (SSSR count). The predicted molar refractivity (Wildman–Crippen MR) is 112 cm³/mol. The summed E-state index contributed by atoms with van der Waals surface area (Å²) >= 11 is 0. The van der Waals surface area contributed by atoms with Crippen LogP contribution in [0.4, 0.5) is 5.69 Å². The van der Waals surface area contributed by atoms with Crippen molar-refractivity contribution in [2.75, 3.05) is 11.9 Å². The summed E-state index contributed by atoms with van der Waals surface area (Å²) < 4.78 is 8.35. The van der Waals surface area contributed by atoms with E-state index in [4.69, 9.17) is 4.74 Å². The minimum atomic E-state index is -0.525. The van der Waals surface area contributed by atoms with Crippen LogP contribution in [-0.4, -0.2) is 27.6 Å². The van der Waals surface area contributed by atoms with E-state index in [1.54, 1.807) is 21.3 Å². The number of carbonyl (C=O) groups is 2. The second-order valence-corrected chi connectivity index (χ2v) is 6.90. The van der Waals surface area contributed by atoms with Gasteiger partial charge in [-0.3, -0.25) is 18.7 Å². The highest BCUT2D eigenvalue weighted by molar-refractivity contribution is 5.92. The second kappa shape index (κ2) is 9.23. The minimum Gasteiger partial charge on any atom is -0.456 e. The number of aromatic nitrogens is 2. The molecule has 1 heterocycles. The van der Waals surface area contributed by atoms with Crippen molar-refractivity contribution in [3.8, 4) is 0 Å². The number of nitrogens with zero attached hydrogens (tertiary/aromatic N) is 2. The molecule has 7 nitrogen and oxygen atoms in total. The van der Waals surface area contributed by atoms with Crippen molar-refractivity contribution in [3.63, 3.8) is 0 Å². The Morgan fingerprint density at radius 1 is 0.966 bits per heavy atom. The number of amides is 1. The van der Waals surface area contributed by atoms with E-state index in [2.05, 4.69) is 5.32 Å². The molecule has 0 radical (unpaired) electrons. The molecule has 0 atom stereocenters. The lowest BCUT2D eigenvalue weighted by atomic mass is 10.2. The molecule has 0 aliphatic heterocycles. The third-order valence-corrected chi connectivity index (χ3v) is 4.61. The van der Waals surface area contributed by atoms with Crippen LogP contribution in [0.15, 0.2) is 53.3 Å². The van der Waals surface area contributed by atoms with Gasteiger partial charge in [-0.25, -0.2) is 4.79 Å². The van der Waals surface area contributed by atoms with Crippen LogP contribution in [0.25, 0.3) is 11.0 Å². The van der Waals surface area contributed by atoms with Crippen LogP contribution in [0.5, 0.6) is 0 Å². The van der Waals surface area contributed by atoms with Crippen molar-refractivity contribution < 1.29 is 14.3 Å². The number of hydrogen-bond donors (Lipinski definition) is 1. The first-order chi connectivity index (χ1) is 14.0. The number of hydrogen-bond acceptors (Lipinski definition) is 4. The van der Waals surface area contributed by atoms with E-state index in [-0.39, 0.29) is 25.3 Å². The number of fused-ring (bicyclic) bond motifs is 1. The van der Waals surface area contributed by atoms with Gasteiger partial charge in [-0.1, -0.05) is 36.8 Å². The Balaban J connectivity index is 1.57. The van der Waals surface area contributed by atoms with Crippen LogP contribution in [0.3, 0.4) is 0 Å². The van der Waals surface area contributed by atoms with Gasteiger partial charge in [0.15, 0.2) is 6.61 Å². The molecular formula is C22H25N3O4. The molecule has 1 amide bonds. The molecular weight excluding hydrogens is 370 g/mol. The van der Waals surface area contributed by atoms with Crippen LogP contribution in [0, 0.1) is 6.92 Å². The quantitative estimate of drug-likeness (QED) is 0.594. The van der Waals surface area contributed by atoms with Gasteiger partial charge in [-0.05, 0) is 37.6 Å². The predicted octanol–water partition coefficient (Wildman–Crippen LogP) is 3.09. The van der Waals surface area contributed by atoms with Crippen LogP contribution >= 0.6 is 0 Å². The number of ether oxygens (including phenoxy) is 1. The molecule has 0 saturated carbocycles. The average molecular weight is 395 g/mol. The minimum absolute atomic E-state index is 0.0118. The van der Waals surface area contributed by atoms with E-state index in [1.807, 2.05) is 50.2 Å². The fourth-order valence-corrected chi connectivity index (χ4v) is 3.18. The van der Waals surface area contributed by atoms with Gasteiger partial charge in [0.25, 0.3) is 5.91 Å². The third kappa shape index (κ3) is 4.93. The van der Waals surface area contributed by atoms with E-state index in [9.17, 15) is 14.4 Å². The van der Waals surface area contributed by atoms with Gasteiger partial charge in [0.2, 0.25) is 0 Å². The van der Waals surface area contributed by atoms with E-state index >= 15 is 0 Å². The molecule has 7 heteroatoms. The van der Waals surface area contributed by atoms with Crippen molar-refractivity contribution >= 4 is 28.6 Å². The fraction of sp³-hybridized carbons (Fsp3) is 0.318. The summed E-state index contributed by atoms with van der Waals surface area (Å²) in [6.45, 7) is 4.43. The Labute approximate surface area is 168 Å². The van der Waals surface area contributed by atoms with Crippen molar-refractivity contribution in [1.82, 2.24) is 9.13 Å². The number of imidazole rings is 1. The largest absolute Gasteiger partial charge is 0.456 e. The number of esters is 1. The zero-order valence-corrected chi connectivity index (χ0v) is 16.7. The Hall–Kier alpha value is -3.35. The van der Waals surface area contributed by atoms with E-state index in [0.29, 0.717) is 12.2 Å². The maximum atomic E-state index is 12.7. The maximum Gasteiger partial charge on any atom is 0.329 e. The van der Waals surface area contributed by atoms with Gasteiger partial charge >= 0.3 is 11.7 Å². The lowest BCUT2D eigenvalue weighted by Gasteiger charge is -2.07. The van der Waals surface area contributed by atoms with Gasteiger partial charge in [-0.15, -0.1) is 0 Å². The molecule has 0 fully saturated rings. The number of benzene rings is 2. The first kappa shape index (κ1) is 20.4. The Kier molecular flexibility index (Phi) is 6.49. The van der Waals surface area contributed by atoms with Gasteiger partial charge in [0, 0.05) is 18.8 Å². The third-order valence-electron chi connectivity index (χ3n) is 4.61. The van der Waals surface area contributed by atoms with E-state index in [1.165, 1.54) is 0 Å². The number of carbonyl (C=O) groups excluding carboxylic acids is 2. The summed E-state index contributed by atoms with van der Waals surface area (Å²) in [5, 5.41) is 2.67. The smallest absolute Gasteiger partial charge is 0.329 e. The number of rotatable bonds is 8. The van der Waals surface area contributed by atoms with Crippen molar-refractivity contribution in [1.29, 1.82) is 0 Å². The second-order valence-electron chi connectivity index (χ2n) is 6.90. The molecule has 0 bridgehead atoms. The highest BCUT2D eigenvalue weighted by Crippen LogP contribution is 2.14. The van der Waals surface area contributed by atoms with Crippen molar-refractivity contribution in [2.24, 2.45) is 0 Å². The Morgan fingerprint density at radius 3 is 2.21 bits per heavy atom. The monoisotopic (exact) mass is 395 g/mol. The summed E-state index contributed by atoms with van der Waals surface area (Å²) in [6.07, 6.45) is 0.851. The van der Waals surface area contributed by atoms with Gasteiger partial charge < -0.3 is 10.1 Å². The molecule has 0 unspecified atom stereocenters. The molecule has 29 heavy (non-hydrogen) atoms. The standard InChI is InChI=1S/C22H25N3O4/c1-3-13-24-18-6-4-5-7-19(18)25(22(24)28)14-12-21(27)29-15-20(26)23-17-10-8-16(2)9-11-17/h4-11H,3,12-15H2,1-2H3,(H,23,26). The van der Waals surface area contributed by atoms with Gasteiger partial charge in [0.1, 0.15) is 0 Å². The SMILES string of the molecule is CCCn1c(=O)n(CCC(=O)OCC(=O)Nc2ccc(C)cc2)c2ccccc21. The lowest BCUT2D eigenvalue weighted by Crippen LogP contribution is -2.26. The molecule has 0 aliphatic carbocycles. The zero-order valence-electron chi connectivity index (χ0n) is 16.7. The molecule has 0 aliphatic rings. The summed E-state index contributed by atoms with van der Waals surface area (Å²) in [5.74, 6) is -0.929. The number of nitrogens with one attached hydrogen (secondary N) is 1. The van der Waals surface area contributed by atoms with Crippen molar-refractivity contribution in [3.05, 3.63) is 64.6 Å². The average Bonchev–Trinajstić information content (AvgIpc) is 2.98. The van der Waals surface area contributed by atoms with Crippen LogP contribution in [0.1, 0.15) is 25.3 Å². The molecule has 0 spiro atoms. The van der Waals surface area contributed by atoms with Gasteiger partial charge in [-0.2, -0.15) is 0 Å². The zero-order chi connectivity index (χ0) is 20.8. The summed E-state index contributed by atoms with van der Waals surface area (Å²) in [7, 11) is 0. The molecule has 1 N–H and O–H groups in total. The molecule has 0 saturated heterocycles. The molecule has 1 aromatic heterocycles. The van der Waals surface area contributed by atoms with Crippen LogP contribution in [0.2, 0.25) is 0 Å². The first-order valence-corrected chi connectivity index (χ1v) is 9.69. The van der Waals surface area contributed by atoms with Gasteiger partial charge in [0.05, 0.1) is 17.5 Å². The summed E-state index contributed by atoms with van der Waals surface area (Å²) in [6, 6.07) is 14.9.